The first-order chi connectivity index (χ1) is 11.2. The fraction of sp³-hybridized carbons (Fsp3) is 0.389. The molecular formula is C18H25N3O2. The summed E-state index contributed by atoms with van der Waals surface area (Å²) in [5.41, 5.74) is 1.67. The number of ether oxygens (including phenoxy) is 1. The maximum absolute atomic E-state index is 12.2. The maximum Gasteiger partial charge on any atom is 0.251 e. The van der Waals surface area contributed by atoms with Crippen molar-refractivity contribution in [3.8, 4) is 5.69 Å². The van der Waals surface area contributed by atoms with Gasteiger partial charge in [0.1, 0.15) is 0 Å². The van der Waals surface area contributed by atoms with Gasteiger partial charge in [0.25, 0.3) is 5.91 Å². The third kappa shape index (κ3) is 5.54. The van der Waals surface area contributed by atoms with E-state index in [1.807, 2.05) is 53.4 Å². The average Bonchev–Trinajstić information content (AvgIpc) is 3.11. The molecule has 0 radical (unpaired) electrons. The van der Waals surface area contributed by atoms with Crippen LogP contribution in [0.2, 0.25) is 0 Å². The van der Waals surface area contributed by atoms with Gasteiger partial charge in [-0.25, -0.2) is 0 Å². The van der Waals surface area contributed by atoms with Crippen molar-refractivity contribution in [2.45, 2.75) is 6.42 Å². The Kier molecular flexibility index (Phi) is 6.84. The molecule has 1 aromatic carbocycles. The number of rotatable bonds is 9. The van der Waals surface area contributed by atoms with Gasteiger partial charge in [-0.1, -0.05) is 6.07 Å². The summed E-state index contributed by atoms with van der Waals surface area (Å²) in [4.78, 5) is 14.4. The van der Waals surface area contributed by atoms with Crippen LogP contribution < -0.4 is 5.32 Å². The van der Waals surface area contributed by atoms with Crippen molar-refractivity contribution in [3.63, 3.8) is 0 Å². The van der Waals surface area contributed by atoms with E-state index in [1.54, 1.807) is 7.11 Å². The van der Waals surface area contributed by atoms with E-state index >= 15 is 0 Å². The number of carbonyl (C=O) groups is 1. The third-order valence-electron chi connectivity index (χ3n) is 3.69. The van der Waals surface area contributed by atoms with Gasteiger partial charge in [-0.3, -0.25) is 4.79 Å². The Morgan fingerprint density at radius 3 is 2.74 bits per heavy atom. The fourth-order valence-corrected chi connectivity index (χ4v) is 2.33. The number of hydrogen-bond acceptors (Lipinski definition) is 3. The van der Waals surface area contributed by atoms with Crippen LogP contribution in [0.25, 0.3) is 5.69 Å². The molecule has 0 bridgehead atoms. The minimum atomic E-state index is -0.0291. The van der Waals surface area contributed by atoms with Gasteiger partial charge in [-0.05, 0) is 50.3 Å². The van der Waals surface area contributed by atoms with Gasteiger partial charge in [-0.2, -0.15) is 0 Å². The van der Waals surface area contributed by atoms with E-state index in [0.717, 1.165) is 31.8 Å². The van der Waals surface area contributed by atoms with Crippen LogP contribution in [0.4, 0.5) is 0 Å². The number of aromatic nitrogens is 1. The molecular weight excluding hydrogens is 290 g/mol. The number of benzene rings is 1. The smallest absolute Gasteiger partial charge is 0.251 e. The summed E-state index contributed by atoms with van der Waals surface area (Å²) in [5.74, 6) is -0.0291. The Hall–Kier alpha value is -2.11. The molecule has 5 nitrogen and oxygen atoms in total. The second-order valence-corrected chi connectivity index (χ2v) is 5.55. The second-order valence-electron chi connectivity index (χ2n) is 5.55. The summed E-state index contributed by atoms with van der Waals surface area (Å²) in [7, 11) is 3.76. The fourth-order valence-electron chi connectivity index (χ4n) is 2.33. The van der Waals surface area contributed by atoms with E-state index in [-0.39, 0.29) is 5.91 Å². The summed E-state index contributed by atoms with van der Waals surface area (Å²) in [5, 5.41) is 2.98. The normalized spacial score (nSPS) is 10.9. The Balaban J connectivity index is 1.79. The number of nitrogens with one attached hydrogen (secondary N) is 1. The molecule has 1 aromatic heterocycles. The van der Waals surface area contributed by atoms with E-state index < -0.39 is 0 Å². The van der Waals surface area contributed by atoms with Crippen molar-refractivity contribution in [2.24, 2.45) is 0 Å². The van der Waals surface area contributed by atoms with Gasteiger partial charge in [0, 0.05) is 43.8 Å². The second kappa shape index (κ2) is 9.12. The Bertz CT molecular complexity index is 596. The van der Waals surface area contributed by atoms with Crippen molar-refractivity contribution >= 4 is 5.91 Å². The molecule has 1 N–H and O–H groups in total. The molecule has 0 saturated carbocycles. The first-order valence-electron chi connectivity index (χ1n) is 7.90. The molecule has 0 fully saturated rings. The quantitative estimate of drug-likeness (QED) is 0.722. The average molecular weight is 315 g/mol. The van der Waals surface area contributed by atoms with Crippen LogP contribution in [0, 0.1) is 0 Å². The summed E-state index contributed by atoms with van der Waals surface area (Å²) in [6.07, 6.45) is 4.85. The molecule has 0 aliphatic carbocycles. The first-order valence-corrected chi connectivity index (χ1v) is 7.90. The predicted octanol–water partition coefficient (Wildman–Crippen LogP) is 2.18. The van der Waals surface area contributed by atoms with Gasteiger partial charge in [-0.15, -0.1) is 0 Å². The summed E-state index contributed by atoms with van der Waals surface area (Å²) < 4.78 is 7.03. The van der Waals surface area contributed by atoms with Crippen LogP contribution in [0.3, 0.4) is 0 Å². The lowest BCUT2D eigenvalue weighted by Crippen LogP contribution is -2.29. The zero-order valence-corrected chi connectivity index (χ0v) is 13.9. The number of hydrogen-bond donors (Lipinski definition) is 1. The molecule has 1 amide bonds. The van der Waals surface area contributed by atoms with Crippen molar-refractivity contribution in [1.82, 2.24) is 14.8 Å². The molecule has 124 valence electrons. The van der Waals surface area contributed by atoms with Crippen LogP contribution >= 0.6 is 0 Å². The van der Waals surface area contributed by atoms with Gasteiger partial charge in [0.15, 0.2) is 0 Å². The minimum Gasteiger partial charge on any atom is -0.383 e. The van der Waals surface area contributed by atoms with Gasteiger partial charge < -0.3 is 19.5 Å². The van der Waals surface area contributed by atoms with Crippen LogP contribution in [0.5, 0.6) is 0 Å². The lowest BCUT2D eigenvalue weighted by atomic mass is 10.2. The van der Waals surface area contributed by atoms with Crippen LogP contribution in [-0.2, 0) is 4.74 Å². The third-order valence-corrected chi connectivity index (χ3v) is 3.69. The van der Waals surface area contributed by atoms with Gasteiger partial charge >= 0.3 is 0 Å². The Morgan fingerprint density at radius 2 is 2.00 bits per heavy atom. The van der Waals surface area contributed by atoms with Crippen molar-refractivity contribution in [1.29, 1.82) is 0 Å². The zero-order valence-electron chi connectivity index (χ0n) is 13.9. The molecule has 23 heavy (non-hydrogen) atoms. The highest BCUT2D eigenvalue weighted by Gasteiger charge is 2.06. The predicted molar refractivity (Wildman–Crippen MR) is 92.1 cm³/mol. The number of likely N-dealkylation sites (N-methyl/N-ethyl adjacent to an activating group) is 1. The molecule has 1 heterocycles. The molecule has 0 atom stereocenters. The Morgan fingerprint density at radius 1 is 1.22 bits per heavy atom. The summed E-state index contributed by atoms with van der Waals surface area (Å²) >= 11 is 0. The zero-order chi connectivity index (χ0) is 16.5. The highest BCUT2D eigenvalue weighted by Crippen LogP contribution is 2.10. The van der Waals surface area contributed by atoms with Crippen molar-refractivity contribution < 1.29 is 9.53 Å². The van der Waals surface area contributed by atoms with Gasteiger partial charge in [0.2, 0.25) is 0 Å². The molecule has 0 unspecified atom stereocenters. The van der Waals surface area contributed by atoms with Gasteiger partial charge in [0.05, 0.1) is 6.61 Å². The standard InChI is InChI=1S/C18H25N3O2/c1-20(13-14-23-2)10-6-9-19-18(22)16-7-5-8-17(15-16)21-11-3-4-12-21/h3-5,7-8,11-12,15H,6,9-10,13-14H2,1-2H3,(H,19,22). The number of amides is 1. The number of nitrogens with zero attached hydrogens (tertiary/aromatic N) is 2. The first kappa shape index (κ1) is 17.2. The lowest BCUT2D eigenvalue weighted by Gasteiger charge is -2.15. The van der Waals surface area contributed by atoms with Crippen LogP contribution in [-0.4, -0.2) is 55.8 Å². The molecule has 2 aromatic rings. The molecule has 0 spiro atoms. The lowest BCUT2D eigenvalue weighted by molar-refractivity contribution is 0.0951. The SMILES string of the molecule is COCCN(C)CCCNC(=O)c1cccc(-n2cccc2)c1. The van der Waals surface area contributed by atoms with E-state index in [4.69, 9.17) is 4.74 Å². The molecule has 2 rings (SSSR count). The highest BCUT2D eigenvalue weighted by atomic mass is 16.5. The largest absolute Gasteiger partial charge is 0.383 e. The minimum absolute atomic E-state index is 0.0291. The van der Waals surface area contributed by atoms with Crippen molar-refractivity contribution in [2.75, 3.05) is 40.4 Å². The molecule has 0 aliphatic heterocycles. The molecule has 5 heteroatoms. The topological polar surface area (TPSA) is 46.5 Å². The van der Waals surface area contributed by atoms with Crippen molar-refractivity contribution in [3.05, 3.63) is 54.4 Å². The maximum atomic E-state index is 12.2. The van der Waals surface area contributed by atoms with E-state index in [0.29, 0.717) is 12.1 Å². The molecule has 0 saturated heterocycles. The monoisotopic (exact) mass is 315 g/mol. The molecule has 0 aliphatic rings. The summed E-state index contributed by atoms with van der Waals surface area (Å²) in [6, 6.07) is 11.6. The summed E-state index contributed by atoms with van der Waals surface area (Å²) in [6.45, 7) is 3.25. The van der Waals surface area contributed by atoms with E-state index in [2.05, 4.69) is 17.3 Å². The van der Waals surface area contributed by atoms with Crippen LogP contribution in [0.1, 0.15) is 16.8 Å². The highest BCUT2D eigenvalue weighted by molar-refractivity contribution is 5.94. The van der Waals surface area contributed by atoms with E-state index in [9.17, 15) is 4.79 Å². The number of carbonyl (C=O) groups excluding carboxylic acids is 1. The van der Waals surface area contributed by atoms with Crippen LogP contribution in [0.15, 0.2) is 48.8 Å². The van der Waals surface area contributed by atoms with E-state index in [1.165, 1.54) is 0 Å². The number of methoxy groups -OCH3 is 1. The Labute approximate surface area is 137 Å².